The molecule has 110 valence electrons. The normalized spacial score (nSPS) is 16.4. The van der Waals surface area contributed by atoms with Crippen molar-refractivity contribution in [1.82, 2.24) is 9.80 Å². The number of aromatic hydroxyl groups is 1. The first-order chi connectivity index (χ1) is 9.47. The third-order valence-electron chi connectivity index (χ3n) is 3.67. The summed E-state index contributed by atoms with van der Waals surface area (Å²) in [6.07, 6.45) is 0. The van der Waals surface area contributed by atoms with Crippen LogP contribution < -0.4 is 0 Å². The van der Waals surface area contributed by atoms with Gasteiger partial charge >= 0.3 is 0 Å². The quantitative estimate of drug-likeness (QED) is 0.848. The summed E-state index contributed by atoms with van der Waals surface area (Å²) in [5, 5.41) is 9.79. The van der Waals surface area contributed by atoms with Crippen LogP contribution in [-0.4, -0.2) is 52.5 Å². The number of benzene rings is 1. The number of thiocarbonyl (C=S) groups is 1. The third-order valence-corrected chi connectivity index (χ3v) is 5.27. The van der Waals surface area contributed by atoms with Gasteiger partial charge in [-0.15, -0.1) is 0 Å². The smallest absolute Gasteiger partial charge is 0.136 e. The van der Waals surface area contributed by atoms with E-state index in [0.717, 1.165) is 47.4 Å². The van der Waals surface area contributed by atoms with E-state index in [9.17, 15) is 5.11 Å². The highest BCUT2D eigenvalue weighted by Crippen LogP contribution is 2.26. The van der Waals surface area contributed by atoms with E-state index >= 15 is 0 Å². The van der Waals surface area contributed by atoms with E-state index in [0.29, 0.717) is 5.75 Å². The topological polar surface area (TPSA) is 26.7 Å². The second-order valence-corrected chi connectivity index (χ2v) is 7.03. The molecule has 2 rings (SSSR count). The fourth-order valence-electron chi connectivity index (χ4n) is 2.35. The van der Waals surface area contributed by atoms with Crippen molar-refractivity contribution in [3.63, 3.8) is 0 Å². The van der Waals surface area contributed by atoms with Gasteiger partial charge in [0.15, 0.2) is 0 Å². The van der Waals surface area contributed by atoms with Crippen molar-refractivity contribution >= 4 is 28.3 Å². The molecule has 20 heavy (non-hydrogen) atoms. The van der Waals surface area contributed by atoms with Crippen LogP contribution in [0, 0.1) is 13.8 Å². The average Bonchev–Trinajstić information content (AvgIpc) is 2.42. The highest BCUT2D eigenvalue weighted by atomic mass is 32.2. The number of hydrogen-bond acceptors (Lipinski definition) is 4. The van der Waals surface area contributed by atoms with Crippen LogP contribution in [0.15, 0.2) is 12.1 Å². The van der Waals surface area contributed by atoms with Crippen molar-refractivity contribution in [2.24, 2.45) is 0 Å². The Balaban J connectivity index is 1.90. The predicted molar refractivity (Wildman–Crippen MR) is 90.5 cm³/mol. The summed E-state index contributed by atoms with van der Waals surface area (Å²) in [5.74, 6) is 1.27. The van der Waals surface area contributed by atoms with Crippen molar-refractivity contribution < 1.29 is 5.11 Å². The van der Waals surface area contributed by atoms with Gasteiger partial charge < -0.3 is 14.9 Å². The van der Waals surface area contributed by atoms with Gasteiger partial charge in [-0.25, -0.2) is 0 Å². The number of thioether (sulfide) groups is 1. The second-order valence-electron chi connectivity index (χ2n) is 5.42. The summed E-state index contributed by atoms with van der Waals surface area (Å²) in [4.78, 5) is 4.62. The van der Waals surface area contributed by atoms with Gasteiger partial charge in [-0.2, -0.15) is 0 Å². The molecule has 1 N–H and O–H groups in total. The first-order valence-corrected chi connectivity index (χ1v) is 8.26. The van der Waals surface area contributed by atoms with E-state index in [1.54, 1.807) is 11.8 Å². The molecule has 0 unspecified atom stereocenters. The van der Waals surface area contributed by atoms with Crippen LogP contribution in [0.25, 0.3) is 0 Å². The fraction of sp³-hybridized carbons (Fsp3) is 0.533. The van der Waals surface area contributed by atoms with Crippen LogP contribution in [0.5, 0.6) is 5.75 Å². The maximum Gasteiger partial charge on any atom is 0.136 e. The van der Waals surface area contributed by atoms with Gasteiger partial charge in [0, 0.05) is 31.9 Å². The molecular formula is C15H22N2OS2. The Labute approximate surface area is 131 Å². The van der Waals surface area contributed by atoms with Crippen LogP contribution in [0.4, 0.5) is 0 Å². The SMILES string of the molecule is Cc1cc(CSC(=S)N2CCN(C)CC2)cc(C)c1O. The summed E-state index contributed by atoms with van der Waals surface area (Å²) in [6, 6.07) is 4.09. The molecule has 1 heterocycles. The van der Waals surface area contributed by atoms with Gasteiger partial charge in [0.05, 0.1) is 0 Å². The average molecular weight is 310 g/mol. The molecule has 0 radical (unpaired) electrons. The molecule has 1 aromatic rings. The number of aryl methyl sites for hydroxylation is 2. The van der Waals surface area contributed by atoms with Gasteiger partial charge in [0.1, 0.15) is 10.1 Å². The Morgan fingerprint density at radius 3 is 2.30 bits per heavy atom. The van der Waals surface area contributed by atoms with Crippen LogP contribution >= 0.6 is 24.0 Å². The lowest BCUT2D eigenvalue weighted by Crippen LogP contribution is -2.45. The van der Waals surface area contributed by atoms with Crippen LogP contribution in [-0.2, 0) is 5.75 Å². The molecule has 0 spiro atoms. The molecule has 0 aliphatic carbocycles. The van der Waals surface area contributed by atoms with E-state index < -0.39 is 0 Å². The van der Waals surface area contributed by atoms with E-state index in [4.69, 9.17) is 12.2 Å². The molecule has 3 nitrogen and oxygen atoms in total. The zero-order chi connectivity index (χ0) is 14.7. The predicted octanol–water partition coefficient (Wildman–Crippen LogP) is 2.77. The van der Waals surface area contributed by atoms with Crippen molar-refractivity contribution in [3.05, 3.63) is 28.8 Å². The molecule has 1 aliphatic rings. The number of nitrogens with zero attached hydrogens (tertiary/aromatic N) is 2. The van der Waals surface area contributed by atoms with E-state index in [2.05, 4.69) is 16.8 Å². The number of rotatable bonds is 2. The molecule has 1 aromatic carbocycles. The molecule has 0 aromatic heterocycles. The standard InChI is InChI=1S/C15H22N2OS2/c1-11-8-13(9-12(2)14(11)18)10-20-15(19)17-6-4-16(3)5-7-17/h8-9,18H,4-7,10H2,1-3H3. The van der Waals surface area contributed by atoms with Crippen molar-refractivity contribution in [2.75, 3.05) is 33.2 Å². The Hall–Kier alpha value is -0.780. The highest BCUT2D eigenvalue weighted by molar-refractivity contribution is 8.22. The summed E-state index contributed by atoms with van der Waals surface area (Å²) < 4.78 is 0.987. The monoisotopic (exact) mass is 310 g/mol. The Bertz CT molecular complexity index is 474. The van der Waals surface area contributed by atoms with Gasteiger partial charge in [0.2, 0.25) is 0 Å². The van der Waals surface area contributed by atoms with Gasteiger partial charge in [0.25, 0.3) is 0 Å². The summed E-state index contributed by atoms with van der Waals surface area (Å²) in [7, 11) is 2.15. The molecular weight excluding hydrogens is 288 g/mol. The first kappa shape index (κ1) is 15.6. The molecule has 1 aliphatic heterocycles. The zero-order valence-electron chi connectivity index (χ0n) is 12.3. The fourth-order valence-corrected chi connectivity index (χ4v) is 3.54. The number of phenols is 1. The summed E-state index contributed by atoms with van der Waals surface area (Å²) in [5.41, 5.74) is 3.09. The Morgan fingerprint density at radius 2 is 1.75 bits per heavy atom. The third kappa shape index (κ3) is 3.87. The van der Waals surface area contributed by atoms with Gasteiger partial charge in [-0.05, 0) is 37.6 Å². The minimum Gasteiger partial charge on any atom is -0.507 e. The largest absolute Gasteiger partial charge is 0.507 e. The lowest BCUT2D eigenvalue weighted by molar-refractivity contribution is 0.220. The van der Waals surface area contributed by atoms with E-state index in [1.807, 2.05) is 26.0 Å². The highest BCUT2D eigenvalue weighted by Gasteiger charge is 2.16. The zero-order valence-corrected chi connectivity index (χ0v) is 14.0. The van der Waals surface area contributed by atoms with Crippen molar-refractivity contribution in [1.29, 1.82) is 0 Å². The molecule has 0 bridgehead atoms. The molecule has 0 atom stereocenters. The van der Waals surface area contributed by atoms with Crippen LogP contribution in [0.1, 0.15) is 16.7 Å². The first-order valence-electron chi connectivity index (χ1n) is 6.86. The number of likely N-dealkylation sites (N-methyl/N-ethyl adjacent to an activating group) is 1. The van der Waals surface area contributed by atoms with Crippen LogP contribution in [0.2, 0.25) is 0 Å². The lowest BCUT2D eigenvalue weighted by atomic mass is 10.1. The molecule has 5 heteroatoms. The minimum atomic E-state index is 0.403. The van der Waals surface area contributed by atoms with Gasteiger partial charge in [-0.1, -0.05) is 36.1 Å². The van der Waals surface area contributed by atoms with Crippen molar-refractivity contribution in [3.8, 4) is 5.75 Å². The maximum absolute atomic E-state index is 9.79. The Morgan fingerprint density at radius 1 is 1.20 bits per heavy atom. The van der Waals surface area contributed by atoms with E-state index in [-0.39, 0.29) is 0 Å². The van der Waals surface area contributed by atoms with E-state index in [1.165, 1.54) is 5.56 Å². The summed E-state index contributed by atoms with van der Waals surface area (Å²) in [6.45, 7) is 8.09. The molecule has 1 saturated heterocycles. The number of piperazine rings is 1. The molecule has 0 saturated carbocycles. The molecule has 0 amide bonds. The molecule has 1 fully saturated rings. The number of hydrogen-bond donors (Lipinski definition) is 1. The Kier molecular flexibility index (Phi) is 5.29. The number of phenolic OH excluding ortho intramolecular Hbond substituents is 1. The van der Waals surface area contributed by atoms with Crippen molar-refractivity contribution in [2.45, 2.75) is 19.6 Å². The van der Waals surface area contributed by atoms with Crippen LogP contribution in [0.3, 0.4) is 0 Å². The second kappa shape index (κ2) is 6.78. The lowest BCUT2D eigenvalue weighted by Gasteiger charge is -2.33. The minimum absolute atomic E-state index is 0.403. The maximum atomic E-state index is 9.79. The summed E-state index contributed by atoms with van der Waals surface area (Å²) >= 11 is 7.24. The van der Waals surface area contributed by atoms with Gasteiger partial charge in [-0.3, -0.25) is 0 Å².